The van der Waals surface area contributed by atoms with Gasteiger partial charge >= 0.3 is 0 Å². The van der Waals surface area contributed by atoms with Gasteiger partial charge in [-0.05, 0) is 36.6 Å². The lowest BCUT2D eigenvalue weighted by Crippen LogP contribution is -2.29. The molecule has 1 aromatic heterocycles. The SMILES string of the molecule is C[C@H](O)CNC(=O)c1cc2cc(N)ccc2s1. The van der Waals surface area contributed by atoms with Gasteiger partial charge in [0, 0.05) is 16.9 Å². The summed E-state index contributed by atoms with van der Waals surface area (Å²) < 4.78 is 1.03. The molecule has 5 heteroatoms. The van der Waals surface area contributed by atoms with Crippen LogP contribution in [0.25, 0.3) is 10.1 Å². The quantitative estimate of drug-likeness (QED) is 0.724. The minimum Gasteiger partial charge on any atom is -0.399 e. The number of rotatable bonds is 3. The van der Waals surface area contributed by atoms with Crippen molar-refractivity contribution in [2.45, 2.75) is 13.0 Å². The van der Waals surface area contributed by atoms with Crippen LogP contribution < -0.4 is 11.1 Å². The maximum Gasteiger partial charge on any atom is 0.261 e. The standard InChI is InChI=1S/C12H14N2O2S/c1-7(15)6-14-12(16)11-5-8-4-9(13)2-3-10(8)17-11/h2-5,7,15H,6,13H2,1H3,(H,14,16)/t7-/m0/s1. The molecule has 0 aliphatic rings. The van der Waals surface area contributed by atoms with E-state index in [4.69, 9.17) is 10.8 Å². The largest absolute Gasteiger partial charge is 0.399 e. The number of fused-ring (bicyclic) bond motifs is 1. The Bertz CT molecular complexity index is 548. The first-order valence-electron chi connectivity index (χ1n) is 5.31. The van der Waals surface area contributed by atoms with E-state index >= 15 is 0 Å². The van der Waals surface area contributed by atoms with Gasteiger partial charge in [-0.1, -0.05) is 0 Å². The van der Waals surface area contributed by atoms with Gasteiger partial charge in [-0.3, -0.25) is 4.79 Å². The lowest BCUT2D eigenvalue weighted by Gasteiger charge is -2.04. The number of hydrogen-bond donors (Lipinski definition) is 3. The number of benzene rings is 1. The van der Waals surface area contributed by atoms with Crippen molar-refractivity contribution < 1.29 is 9.90 Å². The molecule has 4 N–H and O–H groups in total. The van der Waals surface area contributed by atoms with E-state index in [2.05, 4.69) is 5.32 Å². The van der Waals surface area contributed by atoms with Crippen LogP contribution >= 0.6 is 11.3 Å². The monoisotopic (exact) mass is 250 g/mol. The fourth-order valence-corrected chi connectivity index (χ4v) is 2.46. The molecule has 2 rings (SSSR count). The second-order valence-corrected chi connectivity index (χ2v) is 5.05. The summed E-state index contributed by atoms with van der Waals surface area (Å²) in [5.41, 5.74) is 6.36. The number of carbonyl (C=O) groups excluding carboxylic acids is 1. The molecule has 17 heavy (non-hydrogen) atoms. The van der Waals surface area contributed by atoms with Crippen LogP contribution in [0.3, 0.4) is 0 Å². The zero-order valence-corrected chi connectivity index (χ0v) is 10.3. The zero-order valence-electron chi connectivity index (χ0n) is 9.43. The highest BCUT2D eigenvalue weighted by atomic mass is 32.1. The average Bonchev–Trinajstić information content (AvgIpc) is 2.68. The summed E-state index contributed by atoms with van der Waals surface area (Å²) in [5, 5.41) is 12.7. The molecule has 2 aromatic rings. The molecule has 4 nitrogen and oxygen atoms in total. The number of thiophene rings is 1. The van der Waals surface area contributed by atoms with E-state index in [1.165, 1.54) is 11.3 Å². The molecule has 0 saturated carbocycles. The Balaban J connectivity index is 2.21. The molecule has 0 spiro atoms. The summed E-state index contributed by atoms with van der Waals surface area (Å²) in [5.74, 6) is -0.161. The molecule has 1 aromatic carbocycles. The van der Waals surface area contributed by atoms with E-state index in [0.717, 1.165) is 10.1 Å². The molecule has 0 aliphatic carbocycles. The van der Waals surface area contributed by atoms with Crippen LogP contribution in [0.4, 0.5) is 5.69 Å². The van der Waals surface area contributed by atoms with Crippen molar-refractivity contribution in [2.24, 2.45) is 0 Å². The van der Waals surface area contributed by atoms with Crippen molar-refractivity contribution in [1.29, 1.82) is 0 Å². The predicted octanol–water partition coefficient (Wildman–Crippen LogP) is 1.59. The first-order chi connectivity index (χ1) is 8.06. The molecule has 0 fully saturated rings. The van der Waals surface area contributed by atoms with Crippen molar-refractivity contribution >= 4 is 33.0 Å². The van der Waals surface area contributed by atoms with Crippen molar-refractivity contribution in [1.82, 2.24) is 5.32 Å². The lowest BCUT2D eigenvalue weighted by molar-refractivity contribution is 0.0928. The van der Waals surface area contributed by atoms with Crippen molar-refractivity contribution in [3.63, 3.8) is 0 Å². The fourth-order valence-electron chi connectivity index (χ4n) is 1.50. The average molecular weight is 250 g/mol. The maximum atomic E-state index is 11.8. The van der Waals surface area contributed by atoms with E-state index < -0.39 is 6.10 Å². The Morgan fingerprint density at radius 1 is 1.53 bits per heavy atom. The lowest BCUT2D eigenvalue weighted by atomic mass is 10.2. The van der Waals surface area contributed by atoms with E-state index in [1.54, 1.807) is 6.92 Å². The molecule has 0 unspecified atom stereocenters. The minimum atomic E-state index is -0.538. The zero-order chi connectivity index (χ0) is 12.4. The number of nitrogen functional groups attached to an aromatic ring is 1. The molecule has 90 valence electrons. The van der Waals surface area contributed by atoms with Gasteiger partial charge in [0.05, 0.1) is 11.0 Å². The van der Waals surface area contributed by atoms with Gasteiger partial charge in [0.15, 0.2) is 0 Å². The molecule has 0 radical (unpaired) electrons. The number of anilines is 1. The van der Waals surface area contributed by atoms with Crippen molar-refractivity contribution in [2.75, 3.05) is 12.3 Å². The summed E-state index contributed by atoms with van der Waals surface area (Å²) in [6.45, 7) is 1.89. The molecule has 1 atom stereocenters. The first-order valence-corrected chi connectivity index (χ1v) is 6.13. The van der Waals surface area contributed by atoms with Crippen LogP contribution in [0.5, 0.6) is 0 Å². The second-order valence-electron chi connectivity index (χ2n) is 3.97. The molecular formula is C12H14N2O2S. The normalized spacial score (nSPS) is 12.6. The molecule has 1 amide bonds. The van der Waals surface area contributed by atoms with E-state index in [-0.39, 0.29) is 12.5 Å². The van der Waals surface area contributed by atoms with Crippen molar-refractivity contribution in [3.8, 4) is 0 Å². The Morgan fingerprint density at radius 2 is 2.29 bits per heavy atom. The minimum absolute atomic E-state index is 0.161. The van der Waals surface area contributed by atoms with Gasteiger partial charge in [0.25, 0.3) is 5.91 Å². The van der Waals surface area contributed by atoms with Gasteiger partial charge < -0.3 is 16.2 Å². The van der Waals surface area contributed by atoms with E-state index in [9.17, 15) is 4.79 Å². The number of nitrogens with two attached hydrogens (primary N) is 1. The summed E-state index contributed by atoms with van der Waals surface area (Å²) in [6.07, 6.45) is -0.538. The third kappa shape index (κ3) is 2.75. The van der Waals surface area contributed by atoms with Gasteiger partial charge in [-0.25, -0.2) is 0 Å². The number of aliphatic hydroxyl groups excluding tert-OH is 1. The van der Waals surface area contributed by atoms with Gasteiger partial charge in [0.1, 0.15) is 0 Å². The van der Waals surface area contributed by atoms with Crippen LogP contribution in [-0.2, 0) is 0 Å². The predicted molar refractivity (Wildman–Crippen MR) is 70.3 cm³/mol. The summed E-state index contributed by atoms with van der Waals surface area (Å²) in [6, 6.07) is 7.38. The van der Waals surface area contributed by atoms with Crippen LogP contribution in [0, 0.1) is 0 Å². The smallest absolute Gasteiger partial charge is 0.261 e. The highest BCUT2D eigenvalue weighted by Crippen LogP contribution is 2.27. The summed E-state index contributed by atoms with van der Waals surface area (Å²) >= 11 is 1.42. The van der Waals surface area contributed by atoms with Crippen LogP contribution in [-0.4, -0.2) is 23.7 Å². The summed E-state index contributed by atoms with van der Waals surface area (Å²) in [7, 11) is 0. The number of carbonyl (C=O) groups is 1. The highest BCUT2D eigenvalue weighted by molar-refractivity contribution is 7.20. The van der Waals surface area contributed by atoms with Gasteiger partial charge in [0.2, 0.25) is 0 Å². The Morgan fingerprint density at radius 3 is 3.00 bits per heavy atom. The third-order valence-electron chi connectivity index (χ3n) is 2.32. The molecule has 0 bridgehead atoms. The van der Waals surface area contributed by atoms with Crippen molar-refractivity contribution in [3.05, 3.63) is 29.1 Å². The Kier molecular flexibility index (Phi) is 3.31. The first kappa shape index (κ1) is 11.9. The van der Waals surface area contributed by atoms with Gasteiger partial charge in [-0.15, -0.1) is 11.3 Å². The number of hydrogen-bond acceptors (Lipinski definition) is 4. The number of amides is 1. The fraction of sp³-hybridized carbons (Fsp3) is 0.250. The number of nitrogens with one attached hydrogen (secondary N) is 1. The Hall–Kier alpha value is -1.59. The van der Waals surface area contributed by atoms with E-state index in [0.29, 0.717) is 10.6 Å². The number of aliphatic hydroxyl groups is 1. The molecule has 0 saturated heterocycles. The molecule has 0 aliphatic heterocycles. The third-order valence-corrected chi connectivity index (χ3v) is 3.44. The highest BCUT2D eigenvalue weighted by Gasteiger charge is 2.10. The molecule has 1 heterocycles. The topological polar surface area (TPSA) is 75.3 Å². The van der Waals surface area contributed by atoms with Crippen LogP contribution in [0.1, 0.15) is 16.6 Å². The van der Waals surface area contributed by atoms with Crippen LogP contribution in [0.15, 0.2) is 24.3 Å². The molecular weight excluding hydrogens is 236 g/mol. The summed E-state index contributed by atoms with van der Waals surface area (Å²) in [4.78, 5) is 12.4. The Labute approximate surface area is 103 Å². The van der Waals surface area contributed by atoms with Gasteiger partial charge in [-0.2, -0.15) is 0 Å². The maximum absolute atomic E-state index is 11.8. The second kappa shape index (κ2) is 4.73. The van der Waals surface area contributed by atoms with E-state index in [1.807, 2.05) is 24.3 Å². The van der Waals surface area contributed by atoms with Crippen LogP contribution in [0.2, 0.25) is 0 Å².